The van der Waals surface area contributed by atoms with Gasteiger partial charge in [0.05, 0.1) is 19.8 Å². The van der Waals surface area contributed by atoms with E-state index in [0.29, 0.717) is 15.6 Å². The van der Waals surface area contributed by atoms with E-state index in [2.05, 4.69) is 0 Å². The minimum absolute atomic E-state index is 0.00278. The first-order valence-electron chi connectivity index (χ1n) is 7.08. The Hall–Kier alpha value is -2.86. The van der Waals surface area contributed by atoms with Gasteiger partial charge >= 0.3 is 11.9 Å². The molecule has 0 aliphatic carbocycles. The number of phenolic OH excluding ortho intramolecular Hbond substituents is 1. The second-order valence-corrected chi connectivity index (χ2v) is 5.90. The summed E-state index contributed by atoms with van der Waals surface area (Å²) in [4.78, 5) is 24.7. The molecular weight excluding hydrogens is 328 g/mol. The fourth-order valence-electron chi connectivity index (χ4n) is 2.67. The first-order chi connectivity index (χ1) is 11.6. The third-order valence-electron chi connectivity index (χ3n) is 3.73. The summed E-state index contributed by atoms with van der Waals surface area (Å²) in [6.07, 6.45) is 0. The van der Waals surface area contributed by atoms with Gasteiger partial charge < -0.3 is 14.6 Å². The maximum absolute atomic E-state index is 12.4. The number of esters is 2. The third-order valence-corrected chi connectivity index (χ3v) is 4.66. The molecule has 0 radical (unpaired) electrons. The van der Waals surface area contributed by atoms with Gasteiger partial charge in [0.25, 0.3) is 0 Å². The van der Waals surface area contributed by atoms with Crippen LogP contribution in [0.1, 0.15) is 20.7 Å². The highest BCUT2D eigenvalue weighted by molar-refractivity contribution is 7.18. The molecule has 0 saturated heterocycles. The lowest BCUT2D eigenvalue weighted by Crippen LogP contribution is -2.14. The van der Waals surface area contributed by atoms with E-state index in [4.69, 9.17) is 9.47 Å². The predicted molar refractivity (Wildman–Crippen MR) is 91.6 cm³/mol. The van der Waals surface area contributed by atoms with Crippen LogP contribution in [0, 0.1) is 0 Å². The average Bonchev–Trinajstić information content (AvgIpc) is 3.10. The summed E-state index contributed by atoms with van der Waals surface area (Å²) in [6, 6.07) is 10.9. The Bertz CT molecular complexity index is 927. The maximum atomic E-state index is 12.4. The van der Waals surface area contributed by atoms with Gasteiger partial charge in [-0.1, -0.05) is 30.3 Å². The Morgan fingerprint density at radius 1 is 0.958 bits per heavy atom. The lowest BCUT2D eigenvalue weighted by Gasteiger charge is -2.15. The van der Waals surface area contributed by atoms with Crippen molar-refractivity contribution in [3.8, 4) is 16.9 Å². The molecule has 1 N–H and O–H groups in total. The van der Waals surface area contributed by atoms with Gasteiger partial charge in [0, 0.05) is 15.6 Å². The van der Waals surface area contributed by atoms with E-state index in [-0.39, 0.29) is 16.9 Å². The topological polar surface area (TPSA) is 72.8 Å². The molecular formula is C18H14O5S. The third kappa shape index (κ3) is 2.41. The van der Waals surface area contributed by atoms with Crippen LogP contribution in [0.2, 0.25) is 0 Å². The van der Waals surface area contributed by atoms with Crippen molar-refractivity contribution in [2.24, 2.45) is 0 Å². The van der Waals surface area contributed by atoms with Crippen LogP contribution in [0.3, 0.4) is 0 Å². The molecule has 0 bridgehead atoms. The Labute approximate surface area is 142 Å². The molecule has 24 heavy (non-hydrogen) atoms. The van der Waals surface area contributed by atoms with E-state index in [9.17, 15) is 14.7 Å². The summed E-state index contributed by atoms with van der Waals surface area (Å²) in [5.74, 6) is -1.78. The smallest absolute Gasteiger partial charge is 0.342 e. The normalized spacial score (nSPS) is 10.6. The molecule has 3 rings (SSSR count). The first kappa shape index (κ1) is 16.0. The zero-order valence-electron chi connectivity index (χ0n) is 13.0. The maximum Gasteiger partial charge on any atom is 0.342 e. The Morgan fingerprint density at radius 3 is 2.21 bits per heavy atom. The van der Waals surface area contributed by atoms with E-state index in [0.717, 1.165) is 5.56 Å². The number of benzene rings is 2. The van der Waals surface area contributed by atoms with Crippen molar-refractivity contribution in [3.05, 3.63) is 52.9 Å². The van der Waals surface area contributed by atoms with Gasteiger partial charge in [-0.15, -0.1) is 11.3 Å². The second kappa shape index (κ2) is 6.33. The number of hydrogen-bond acceptors (Lipinski definition) is 6. The minimum atomic E-state index is -0.793. The van der Waals surface area contributed by atoms with Crippen molar-refractivity contribution in [1.82, 2.24) is 0 Å². The lowest BCUT2D eigenvalue weighted by molar-refractivity contribution is 0.0553. The van der Waals surface area contributed by atoms with Crippen LogP contribution in [0.5, 0.6) is 5.75 Å². The Kier molecular flexibility index (Phi) is 4.22. The summed E-state index contributed by atoms with van der Waals surface area (Å²) >= 11 is 1.37. The summed E-state index contributed by atoms with van der Waals surface area (Å²) < 4.78 is 10.3. The molecule has 0 atom stereocenters. The molecule has 2 aromatic carbocycles. The van der Waals surface area contributed by atoms with E-state index < -0.39 is 11.9 Å². The number of aromatic hydroxyl groups is 1. The molecule has 1 aromatic heterocycles. The number of fused-ring (bicyclic) bond motifs is 1. The molecule has 0 amide bonds. The van der Waals surface area contributed by atoms with Gasteiger partial charge in [0.15, 0.2) is 0 Å². The van der Waals surface area contributed by atoms with Crippen molar-refractivity contribution in [1.29, 1.82) is 0 Å². The van der Waals surface area contributed by atoms with Crippen molar-refractivity contribution in [2.75, 3.05) is 14.2 Å². The Balaban J connectivity index is 2.52. The van der Waals surface area contributed by atoms with E-state index in [1.54, 1.807) is 11.4 Å². The van der Waals surface area contributed by atoms with Crippen molar-refractivity contribution < 1.29 is 24.2 Å². The van der Waals surface area contributed by atoms with Gasteiger partial charge in [0.1, 0.15) is 11.3 Å². The van der Waals surface area contributed by atoms with Crippen LogP contribution in [0.25, 0.3) is 21.2 Å². The molecule has 0 saturated carbocycles. The monoisotopic (exact) mass is 342 g/mol. The number of hydrogen-bond donors (Lipinski definition) is 1. The molecule has 3 aromatic rings. The van der Waals surface area contributed by atoms with Gasteiger partial charge in [-0.3, -0.25) is 0 Å². The van der Waals surface area contributed by atoms with E-state index >= 15 is 0 Å². The zero-order valence-corrected chi connectivity index (χ0v) is 13.8. The Morgan fingerprint density at radius 2 is 1.58 bits per heavy atom. The van der Waals surface area contributed by atoms with Gasteiger partial charge in [-0.2, -0.15) is 0 Å². The predicted octanol–water partition coefficient (Wildman–Crippen LogP) is 3.85. The fraction of sp³-hybridized carbons (Fsp3) is 0.111. The largest absolute Gasteiger partial charge is 0.506 e. The molecule has 0 spiro atoms. The van der Waals surface area contributed by atoms with Crippen LogP contribution < -0.4 is 0 Å². The zero-order chi connectivity index (χ0) is 17.3. The number of thiophene rings is 1. The average molecular weight is 342 g/mol. The molecule has 0 aliphatic rings. The molecule has 122 valence electrons. The lowest BCUT2D eigenvalue weighted by atomic mass is 9.92. The minimum Gasteiger partial charge on any atom is -0.506 e. The molecule has 0 unspecified atom stereocenters. The standard InChI is InChI=1S/C18H14O5S/c1-22-17(20)13-12(10-6-4-3-5-7-10)16-11(8-9-24-16)15(19)14(13)18(21)23-2/h3-9,19H,1-2H3. The van der Waals surface area contributed by atoms with Crippen LogP contribution >= 0.6 is 11.3 Å². The summed E-state index contributed by atoms with van der Waals surface area (Å²) in [6.45, 7) is 0. The summed E-state index contributed by atoms with van der Waals surface area (Å²) in [5.41, 5.74) is 1.11. The van der Waals surface area contributed by atoms with Crippen LogP contribution in [-0.2, 0) is 9.47 Å². The number of rotatable bonds is 3. The first-order valence-corrected chi connectivity index (χ1v) is 7.96. The van der Waals surface area contributed by atoms with E-state index in [1.807, 2.05) is 30.3 Å². The highest BCUT2D eigenvalue weighted by atomic mass is 32.1. The fourth-order valence-corrected chi connectivity index (χ4v) is 3.64. The van der Waals surface area contributed by atoms with Crippen LogP contribution in [0.15, 0.2) is 41.8 Å². The molecule has 0 fully saturated rings. The SMILES string of the molecule is COC(=O)c1c(C(=O)OC)c(-c2ccccc2)c2sccc2c1O. The van der Waals surface area contributed by atoms with Gasteiger partial charge in [-0.05, 0) is 17.0 Å². The summed E-state index contributed by atoms with van der Waals surface area (Å²) in [7, 11) is 2.43. The van der Waals surface area contributed by atoms with Gasteiger partial charge in [0.2, 0.25) is 0 Å². The quantitative estimate of drug-likeness (QED) is 0.732. The molecule has 1 heterocycles. The number of carbonyl (C=O) groups excluding carboxylic acids is 2. The number of methoxy groups -OCH3 is 2. The van der Waals surface area contributed by atoms with Crippen LogP contribution in [0.4, 0.5) is 0 Å². The number of ether oxygens (including phenoxy) is 2. The van der Waals surface area contributed by atoms with E-state index in [1.165, 1.54) is 25.6 Å². The highest BCUT2D eigenvalue weighted by Gasteiger charge is 2.30. The van der Waals surface area contributed by atoms with Crippen molar-refractivity contribution in [2.45, 2.75) is 0 Å². The number of carbonyl (C=O) groups is 2. The van der Waals surface area contributed by atoms with Crippen molar-refractivity contribution >= 4 is 33.4 Å². The second-order valence-electron chi connectivity index (χ2n) is 4.99. The molecule has 0 aliphatic heterocycles. The van der Waals surface area contributed by atoms with Gasteiger partial charge in [-0.25, -0.2) is 9.59 Å². The van der Waals surface area contributed by atoms with Crippen LogP contribution in [-0.4, -0.2) is 31.3 Å². The molecule has 5 nitrogen and oxygen atoms in total. The summed E-state index contributed by atoms with van der Waals surface area (Å²) in [5, 5.41) is 12.8. The highest BCUT2D eigenvalue weighted by Crippen LogP contribution is 2.43. The molecule has 6 heteroatoms. The number of phenols is 1. The van der Waals surface area contributed by atoms with Crippen molar-refractivity contribution in [3.63, 3.8) is 0 Å².